The van der Waals surface area contributed by atoms with Crippen LogP contribution >= 0.6 is 0 Å². The van der Waals surface area contributed by atoms with E-state index in [1.54, 1.807) is 17.9 Å². The molecule has 102 valence electrons. The first-order valence-electron chi connectivity index (χ1n) is 6.28. The predicted octanol–water partition coefficient (Wildman–Crippen LogP) is 1.25. The molecular weight excluding hydrogens is 256 g/mol. The SMILES string of the molecule is Cc1noc(CNCc2cnn(-c3ccccc3)n2)n1. The first kappa shape index (κ1) is 12.5. The number of benzene rings is 1. The minimum Gasteiger partial charge on any atom is -0.338 e. The molecule has 7 nitrogen and oxygen atoms in total. The largest absolute Gasteiger partial charge is 0.338 e. The van der Waals surface area contributed by atoms with Crippen molar-refractivity contribution < 1.29 is 4.52 Å². The Morgan fingerprint density at radius 2 is 2.05 bits per heavy atom. The lowest BCUT2D eigenvalue weighted by Crippen LogP contribution is -2.13. The van der Waals surface area contributed by atoms with Crippen LogP contribution in [0.2, 0.25) is 0 Å². The second kappa shape index (κ2) is 5.62. The zero-order valence-electron chi connectivity index (χ0n) is 11.0. The van der Waals surface area contributed by atoms with E-state index in [0.717, 1.165) is 11.4 Å². The molecule has 1 aromatic carbocycles. The topological polar surface area (TPSA) is 81.7 Å². The summed E-state index contributed by atoms with van der Waals surface area (Å²) in [6, 6.07) is 9.78. The molecule has 3 rings (SSSR count). The van der Waals surface area contributed by atoms with Gasteiger partial charge < -0.3 is 9.84 Å². The summed E-state index contributed by atoms with van der Waals surface area (Å²) in [4.78, 5) is 5.72. The second-order valence-corrected chi connectivity index (χ2v) is 4.30. The number of nitrogens with one attached hydrogen (secondary N) is 1. The summed E-state index contributed by atoms with van der Waals surface area (Å²) in [5, 5.41) is 15.5. The van der Waals surface area contributed by atoms with Crippen LogP contribution in [0.25, 0.3) is 5.69 Å². The summed E-state index contributed by atoms with van der Waals surface area (Å²) in [7, 11) is 0. The van der Waals surface area contributed by atoms with Crippen molar-refractivity contribution in [1.29, 1.82) is 0 Å². The third-order valence-corrected chi connectivity index (χ3v) is 2.68. The van der Waals surface area contributed by atoms with Gasteiger partial charge in [0.05, 0.1) is 24.1 Å². The molecule has 1 N–H and O–H groups in total. The van der Waals surface area contributed by atoms with Gasteiger partial charge in [-0.1, -0.05) is 23.4 Å². The summed E-state index contributed by atoms with van der Waals surface area (Å²) < 4.78 is 5.01. The molecule has 0 saturated heterocycles. The molecule has 0 unspecified atom stereocenters. The second-order valence-electron chi connectivity index (χ2n) is 4.30. The van der Waals surface area contributed by atoms with Crippen LogP contribution in [-0.2, 0) is 13.1 Å². The molecule has 20 heavy (non-hydrogen) atoms. The molecule has 3 aromatic rings. The first-order chi connectivity index (χ1) is 9.81. The van der Waals surface area contributed by atoms with Gasteiger partial charge in [-0.3, -0.25) is 0 Å². The lowest BCUT2D eigenvalue weighted by atomic mass is 10.3. The summed E-state index contributed by atoms with van der Waals surface area (Å²) in [6.45, 7) is 2.89. The van der Waals surface area contributed by atoms with Gasteiger partial charge in [0.1, 0.15) is 0 Å². The van der Waals surface area contributed by atoms with Crippen LogP contribution in [0.1, 0.15) is 17.4 Å². The molecule has 2 aromatic heterocycles. The normalized spacial score (nSPS) is 10.8. The molecule has 0 saturated carbocycles. The fourth-order valence-corrected chi connectivity index (χ4v) is 1.77. The Kier molecular flexibility index (Phi) is 3.51. The molecule has 0 amide bonds. The standard InChI is InChI=1S/C13H14N6O/c1-10-16-13(20-18-10)9-14-7-11-8-15-19(17-11)12-5-3-2-4-6-12/h2-6,8,14H,7,9H2,1H3. The molecule has 2 heterocycles. The number of aromatic nitrogens is 5. The molecule has 0 aliphatic rings. The van der Waals surface area contributed by atoms with E-state index in [9.17, 15) is 0 Å². The number of rotatable bonds is 5. The minimum atomic E-state index is 0.513. The Labute approximate surface area is 115 Å². The quantitative estimate of drug-likeness (QED) is 0.751. The highest BCUT2D eigenvalue weighted by Gasteiger charge is 2.04. The molecule has 7 heteroatoms. The number of aryl methyl sites for hydroxylation is 1. The Morgan fingerprint density at radius 3 is 2.80 bits per heavy atom. The number of nitrogens with zero attached hydrogens (tertiary/aromatic N) is 5. The third kappa shape index (κ3) is 2.89. The Balaban J connectivity index is 1.58. The highest BCUT2D eigenvalue weighted by Crippen LogP contribution is 2.04. The summed E-state index contributed by atoms with van der Waals surface area (Å²) in [5.41, 5.74) is 1.79. The van der Waals surface area contributed by atoms with Gasteiger partial charge in [-0.05, 0) is 19.1 Å². The summed E-state index contributed by atoms with van der Waals surface area (Å²) >= 11 is 0. The van der Waals surface area contributed by atoms with Gasteiger partial charge in [-0.2, -0.15) is 20.0 Å². The summed E-state index contributed by atoms with van der Waals surface area (Å²) in [6.07, 6.45) is 1.74. The smallest absolute Gasteiger partial charge is 0.240 e. The van der Waals surface area contributed by atoms with E-state index in [1.807, 2.05) is 30.3 Å². The van der Waals surface area contributed by atoms with Crippen molar-refractivity contribution in [3.8, 4) is 5.69 Å². The molecule has 0 aliphatic heterocycles. The average molecular weight is 270 g/mol. The van der Waals surface area contributed by atoms with Crippen LogP contribution in [0.15, 0.2) is 41.1 Å². The van der Waals surface area contributed by atoms with E-state index in [4.69, 9.17) is 4.52 Å². The van der Waals surface area contributed by atoms with Crippen LogP contribution < -0.4 is 5.32 Å². The maximum absolute atomic E-state index is 5.01. The molecule has 0 fully saturated rings. The van der Waals surface area contributed by atoms with E-state index >= 15 is 0 Å². The van der Waals surface area contributed by atoms with Crippen LogP contribution in [0.3, 0.4) is 0 Å². The van der Waals surface area contributed by atoms with E-state index < -0.39 is 0 Å². The van der Waals surface area contributed by atoms with E-state index in [-0.39, 0.29) is 0 Å². The Morgan fingerprint density at radius 1 is 1.20 bits per heavy atom. The maximum Gasteiger partial charge on any atom is 0.240 e. The van der Waals surface area contributed by atoms with Crippen molar-refractivity contribution in [2.75, 3.05) is 0 Å². The van der Waals surface area contributed by atoms with Crippen molar-refractivity contribution in [3.05, 3.63) is 53.9 Å². The van der Waals surface area contributed by atoms with Gasteiger partial charge in [0.25, 0.3) is 0 Å². The zero-order chi connectivity index (χ0) is 13.8. The number of hydrogen-bond donors (Lipinski definition) is 1. The fraction of sp³-hybridized carbons (Fsp3) is 0.231. The van der Waals surface area contributed by atoms with Crippen molar-refractivity contribution >= 4 is 0 Å². The minimum absolute atomic E-state index is 0.513. The van der Waals surface area contributed by atoms with Gasteiger partial charge >= 0.3 is 0 Å². The number of hydrogen-bond acceptors (Lipinski definition) is 6. The Bertz CT molecular complexity index is 675. The van der Waals surface area contributed by atoms with E-state index in [1.165, 1.54) is 0 Å². The van der Waals surface area contributed by atoms with Gasteiger partial charge in [0, 0.05) is 6.54 Å². The van der Waals surface area contributed by atoms with Crippen molar-refractivity contribution in [3.63, 3.8) is 0 Å². The first-order valence-corrected chi connectivity index (χ1v) is 6.28. The van der Waals surface area contributed by atoms with Crippen LogP contribution in [0.5, 0.6) is 0 Å². The van der Waals surface area contributed by atoms with Crippen molar-refractivity contribution in [2.45, 2.75) is 20.0 Å². The van der Waals surface area contributed by atoms with E-state index in [2.05, 4.69) is 25.7 Å². The molecule has 0 spiro atoms. The maximum atomic E-state index is 5.01. The average Bonchev–Trinajstić information content (AvgIpc) is 3.09. The third-order valence-electron chi connectivity index (χ3n) is 2.68. The monoisotopic (exact) mass is 270 g/mol. The van der Waals surface area contributed by atoms with Gasteiger partial charge in [-0.15, -0.1) is 0 Å². The van der Waals surface area contributed by atoms with Gasteiger partial charge in [0.2, 0.25) is 5.89 Å². The van der Waals surface area contributed by atoms with Crippen molar-refractivity contribution in [1.82, 2.24) is 30.5 Å². The zero-order valence-corrected chi connectivity index (χ0v) is 11.0. The predicted molar refractivity (Wildman–Crippen MR) is 70.9 cm³/mol. The lowest BCUT2D eigenvalue weighted by Gasteiger charge is -1.98. The molecule has 0 aliphatic carbocycles. The molecule has 0 radical (unpaired) electrons. The van der Waals surface area contributed by atoms with Gasteiger partial charge in [0.15, 0.2) is 5.82 Å². The van der Waals surface area contributed by atoms with Crippen molar-refractivity contribution in [2.24, 2.45) is 0 Å². The van der Waals surface area contributed by atoms with Crippen LogP contribution in [0, 0.1) is 6.92 Å². The van der Waals surface area contributed by atoms with Crippen LogP contribution in [0.4, 0.5) is 0 Å². The highest BCUT2D eigenvalue weighted by molar-refractivity contribution is 5.28. The van der Waals surface area contributed by atoms with Gasteiger partial charge in [-0.25, -0.2) is 0 Å². The van der Waals surface area contributed by atoms with Crippen LogP contribution in [-0.4, -0.2) is 25.1 Å². The van der Waals surface area contributed by atoms with E-state index in [0.29, 0.717) is 24.8 Å². The molecule has 0 bridgehead atoms. The fourth-order valence-electron chi connectivity index (χ4n) is 1.77. The molecular formula is C13H14N6O. The lowest BCUT2D eigenvalue weighted by molar-refractivity contribution is 0.363. The number of para-hydroxylation sites is 1. The molecule has 0 atom stereocenters. The Hall–Kier alpha value is -2.54. The highest BCUT2D eigenvalue weighted by atomic mass is 16.5. The summed E-state index contributed by atoms with van der Waals surface area (Å²) in [5.74, 6) is 1.20.